The molecule has 0 aliphatic carbocycles. The van der Waals surface area contributed by atoms with Gasteiger partial charge < -0.3 is 34.4 Å². The highest BCUT2D eigenvalue weighted by Crippen LogP contribution is 2.30. The number of phenols is 1. The van der Waals surface area contributed by atoms with Crippen LogP contribution in [-0.4, -0.2) is 93.5 Å². The number of carbonyl (C=O) groups excluding carboxylic acids is 2. The van der Waals surface area contributed by atoms with Crippen molar-refractivity contribution in [2.24, 2.45) is 0 Å². The Morgan fingerprint density at radius 1 is 0.958 bits per heavy atom. The Kier molecular flexibility index (Phi) is 8.67. The number of anilines is 3. The molecule has 2 aromatic heterocycles. The van der Waals surface area contributed by atoms with Crippen molar-refractivity contribution < 1.29 is 41.4 Å². The van der Waals surface area contributed by atoms with Crippen LogP contribution in [0, 0.1) is 18.6 Å². The first-order valence-corrected chi connectivity index (χ1v) is 14.8. The number of rotatable bonds is 6. The molecule has 18 heteroatoms. The Hall–Kier alpha value is -5.26. The lowest BCUT2D eigenvalue weighted by Gasteiger charge is -2.36. The summed E-state index contributed by atoms with van der Waals surface area (Å²) in [7, 11) is 0. The number of carbonyl (C=O) groups is 2. The molecule has 0 bridgehead atoms. The second-order valence-electron chi connectivity index (χ2n) is 11.2. The highest BCUT2D eigenvalue weighted by molar-refractivity contribution is 5.97. The van der Waals surface area contributed by atoms with Crippen LogP contribution in [-0.2, 0) is 22.3 Å². The molecule has 4 aromatic rings. The molecule has 2 aliphatic heterocycles. The molecule has 0 saturated carbocycles. The highest BCUT2D eigenvalue weighted by Gasteiger charge is 2.32. The molecule has 0 atom stereocenters. The third-order valence-corrected chi connectivity index (χ3v) is 8.24. The predicted octanol–water partition coefficient (Wildman–Crippen LogP) is 2.64. The summed E-state index contributed by atoms with van der Waals surface area (Å²) in [6.07, 6.45) is -4.54. The average molecular weight is 677 g/mol. The van der Waals surface area contributed by atoms with Gasteiger partial charge in [0.2, 0.25) is 23.5 Å². The minimum absolute atomic E-state index is 0.0545. The number of benzene rings is 2. The third-order valence-electron chi connectivity index (χ3n) is 8.24. The molecular formula is C30H29F5N8O5. The second kappa shape index (κ2) is 12.7. The van der Waals surface area contributed by atoms with Crippen molar-refractivity contribution in [3.63, 3.8) is 0 Å². The number of halogens is 5. The molecule has 0 spiro atoms. The van der Waals surface area contributed by atoms with Crippen molar-refractivity contribution in [1.82, 2.24) is 24.1 Å². The maximum Gasteiger partial charge on any atom is 0.416 e. The number of morpholine rings is 1. The number of ether oxygens (including phenoxy) is 1. The predicted molar refractivity (Wildman–Crippen MR) is 161 cm³/mol. The van der Waals surface area contributed by atoms with Crippen LogP contribution in [0.1, 0.15) is 21.6 Å². The van der Waals surface area contributed by atoms with Gasteiger partial charge in [-0.3, -0.25) is 14.4 Å². The van der Waals surface area contributed by atoms with Crippen LogP contribution in [0.15, 0.2) is 41.2 Å². The maximum atomic E-state index is 13.9. The Labute approximate surface area is 268 Å². The number of amides is 2. The molecule has 2 fully saturated rings. The van der Waals surface area contributed by atoms with Crippen molar-refractivity contribution in [3.8, 4) is 5.75 Å². The van der Waals surface area contributed by atoms with Gasteiger partial charge in [-0.15, -0.1) is 5.10 Å². The number of alkyl halides is 3. The van der Waals surface area contributed by atoms with E-state index in [4.69, 9.17) is 4.74 Å². The van der Waals surface area contributed by atoms with Gasteiger partial charge in [-0.25, -0.2) is 4.39 Å². The number of fused-ring (bicyclic) bond motifs is 1. The van der Waals surface area contributed by atoms with E-state index in [9.17, 15) is 41.4 Å². The SMILES string of the molecule is Cc1c(N2CCN(C(=O)c3ccc(F)c(F)c3O)CC2)c(=O)n2nc(N3CCOCC3)nc2n1CC(=O)Nc1ccc(C(F)(F)F)cc1. The molecule has 2 N–H and O–H groups in total. The molecule has 2 aliphatic rings. The fraction of sp³-hybridized carbons (Fsp3) is 0.367. The Morgan fingerprint density at radius 2 is 1.62 bits per heavy atom. The van der Waals surface area contributed by atoms with Crippen LogP contribution in [0.25, 0.3) is 5.78 Å². The largest absolute Gasteiger partial charge is 0.504 e. The Bertz CT molecular complexity index is 1930. The minimum atomic E-state index is -4.54. The molecule has 2 amide bonds. The van der Waals surface area contributed by atoms with Gasteiger partial charge in [0, 0.05) is 50.6 Å². The van der Waals surface area contributed by atoms with Crippen LogP contribution < -0.4 is 20.7 Å². The average Bonchev–Trinajstić information content (AvgIpc) is 3.52. The fourth-order valence-corrected chi connectivity index (χ4v) is 5.69. The summed E-state index contributed by atoms with van der Waals surface area (Å²) in [6.45, 7) is 3.37. The number of phenolic OH excluding ortho intramolecular Hbond substituents is 1. The minimum Gasteiger partial charge on any atom is -0.504 e. The number of nitrogens with zero attached hydrogens (tertiary/aromatic N) is 7. The topological polar surface area (TPSA) is 138 Å². The van der Waals surface area contributed by atoms with Crippen LogP contribution in [0.3, 0.4) is 0 Å². The van der Waals surface area contributed by atoms with Crippen LogP contribution >= 0.6 is 0 Å². The lowest BCUT2D eigenvalue weighted by atomic mass is 10.1. The van der Waals surface area contributed by atoms with Gasteiger partial charge in [0.1, 0.15) is 12.2 Å². The number of nitrogens with one attached hydrogen (secondary N) is 1. The maximum absolute atomic E-state index is 13.9. The summed E-state index contributed by atoms with van der Waals surface area (Å²) in [4.78, 5) is 49.6. The number of hydrogen-bond donors (Lipinski definition) is 2. The van der Waals surface area contributed by atoms with E-state index in [1.165, 1.54) is 9.47 Å². The number of piperazine rings is 1. The lowest BCUT2D eigenvalue weighted by Crippen LogP contribution is -2.50. The summed E-state index contributed by atoms with van der Waals surface area (Å²) >= 11 is 0. The molecule has 2 saturated heterocycles. The normalized spacial score (nSPS) is 15.7. The molecule has 6 rings (SSSR count). The zero-order valence-electron chi connectivity index (χ0n) is 25.4. The number of hydrogen-bond acceptors (Lipinski definition) is 9. The van der Waals surface area contributed by atoms with E-state index in [2.05, 4.69) is 15.4 Å². The zero-order valence-corrected chi connectivity index (χ0v) is 25.4. The van der Waals surface area contributed by atoms with Crippen molar-refractivity contribution >= 4 is 34.9 Å². The first kappa shape index (κ1) is 32.7. The second-order valence-corrected chi connectivity index (χ2v) is 11.2. The van der Waals surface area contributed by atoms with E-state index < -0.39 is 52.1 Å². The van der Waals surface area contributed by atoms with E-state index in [1.54, 1.807) is 11.8 Å². The fourth-order valence-electron chi connectivity index (χ4n) is 5.69. The van der Waals surface area contributed by atoms with Crippen LogP contribution in [0.2, 0.25) is 0 Å². The van der Waals surface area contributed by atoms with Crippen molar-refractivity contribution in [2.45, 2.75) is 19.6 Å². The van der Waals surface area contributed by atoms with Crippen molar-refractivity contribution in [1.29, 1.82) is 0 Å². The summed E-state index contributed by atoms with van der Waals surface area (Å²) in [5, 5.41) is 17.0. The highest BCUT2D eigenvalue weighted by atomic mass is 19.4. The van der Waals surface area contributed by atoms with Gasteiger partial charge in [-0.1, -0.05) is 0 Å². The molecule has 0 unspecified atom stereocenters. The van der Waals surface area contributed by atoms with E-state index >= 15 is 0 Å². The molecular weight excluding hydrogens is 647 g/mol. The lowest BCUT2D eigenvalue weighted by molar-refractivity contribution is -0.137. The van der Waals surface area contributed by atoms with E-state index in [0.29, 0.717) is 32.0 Å². The standard InChI is InChI=1S/C30H29F5N8O5/c1-17-24(39-8-10-40(11-9-39)26(46)20-6-7-21(31)23(32)25(20)45)27(47)43-29(37-28(38-43)41-12-14-48-15-13-41)42(17)16-22(44)36-19-4-2-18(3-5-19)30(33,34)35/h2-7,45H,8-16H2,1H3,(H,36,44). The summed E-state index contributed by atoms with van der Waals surface area (Å²) in [5.41, 5.74) is -1.16. The number of aromatic hydroxyl groups is 1. The van der Waals surface area contributed by atoms with Crippen LogP contribution in [0.5, 0.6) is 5.75 Å². The van der Waals surface area contributed by atoms with E-state index in [0.717, 1.165) is 40.9 Å². The Morgan fingerprint density at radius 3 is 2.27 bits per heavy atom. The van der Waals surface area contributed by atoms with Gasteiger partial charge in [0.25, 0.3) is 11.5 Å². The molecule has 2 aromatic carbocycles. The molecule has 0 radical (unpaired) electrons. The monoisotopic (exact) mass is 676 g/mol. The first-order valence-electron chi connectivity index (χ1n) is 14.8. The van der Waals surface area contributed by atoms with E-state index in [-0.39, 0.29) is 55.8 Å². The Balaban J connectivity index is 1.29. The third kappa shape index (κ3) is 6.22. The van der Waals surface area contributed by atoms with Gasteiger partial charge in [-0.2, -0.15) is 27.1 Å². The van der Waals surface area contributed by atoms with Crippen molar-refractivity contribution in [3.05, 3.63) is 75.2 Å². The summed E-state index contributed by atoms with van der Waals surface area (Å²) < 4.78 is 74.4. The molecule has 13 nitrogen and oxygen atoms in total. The van der Waals surface area contributed by atoms with Gasteiger partial charge >= 0.3 is 6.18 Å². The summed E-state index contributed by atoms with van der Waals surface area (Å²) in [5.74, 6) is -4.94. The van der Waals surface area contributed by atoms with E-state index in [1.807, 2.05) is 4.90 Å². The molecule has 254 valence electrons. The smallest absolute Gasteiger partial charge is 0.416 e. The zero-order chi connectivity index (χ0) is 34.3. The van der Waals surface area contributed by atoms with Gasteiger partial charge in [0.15, 0.2) is 11.6 Å². The number of aromatic nitrogens is 4. The van der Waals surface area contributed by atoms with Gasteiger partial charge in [0.05, 0.1) is 24.3 Å². The first-order chi connectivity index (χ1) is 22.8. The summed E-state index contributed by atoms with van der Waals surface area (Å²) in [6, 6.07) is 5.70. The van der Waals surface area contributed by atoms with Crippen LogP contribution in [0.4, 0.5) is 39.3 Å². The molecule has 48 heavy (non-hydrogen) atoms. The quantitative estimate of drug-likeness (QED) is 0.296. The molecule has 4 heterocycles. The van der Waals surface area contributed by atoms with Crippen molar-refractivity contribution in [2.75, 3.05) is 67.6 Å². The van der Waals surface area contributed by atoms with Gasteiger partial charge in [-0.05, 0) is 43.3 Å².